The second-order valence-corrected chi connectivity index (χ2v) is 4.60. The van der Waals surface area contributed by atoms with Crippen LogP contribution in [0, 0.1) is 6.92 Å². The van der Waals surface area contributed by atoms with Crippen molar-refractivity contribution in [1.82, 2.24) is 0 Å². The molecule has 1 aromatic carbocycles. The van der Waals surface area contributed by atoms with Gasteiger partial charge in [0.1, 0.15) is 12.4 Å². The molecule has 0 aliphatic heterocycles. The fraction of sp³-hybridized carbons (Fsp3) is 0.571. The van der Waals surface area contributed by atoms with Crippen LogP contribution >= 0.6 is 0 Å². The molecule has 0 spiro atoms. The summed E-state index contributed by atoms with van der Waals surface area (Å²) in [5.41, 5.74) is 8.17. The highest BCUT2D eigenvalue weighted by molar-refractivity contribution is 5.38. The lowest BCUT2D eigenvalue weighted by atomic mass is 10.1. The number of ether oxygens (including phenoxy) is 2. The minimum Gasteiger partial charge on any atom is -0.491 e. The van der Waals surface area contributed by atoms with Crippen molar-refractivity contribution in [3.05, 3.63) is 29.3 Å². The van der Waals surface area contributed by atoms with Gasteiger partial charge in [0.2, 0.25) is 0 Å². The standard InChI is InChI=1S/C14H23NO2/c1-10(2)16-7-8-17-14-6-5-11(3)9-13(14)12(4)15/h5-6,9-10,12H,7-8,15H2,1-4H3/t12-/m0/s1. The summed E-state index contributed by atoms with van der Waals surface area (Å²) in [5, 5.41) is 0. The highest BCUT2D eigenvalue weighted by Gasteiger charge is 2.08. The fourth-order valence-electron chi connectivity index (χ4n) is 1.59. The van der Waals surface area contributed by atoms with Gasteiger partial charge in [-0.1, -0.05) is 17.7 Å². The molecule has 0 aliphatic rings. The van der Waals surface area contributed by atoms with Crippen molar-refractivity contribution in [3.8, 4) is 5.75 Å². The van der Waals surface area contributed by atoms with E-state index in [0.717, 1.165) is 11.3 Å². The van der Waals surface area contributed by atoms with Gasteiger partial charge >= 0.3 is 0 Å². The zero-order chi connectivity index (χ0) is 12.8. The minimum absolute atomic E-state index is 0.0177. The number of rotatable bonds is 6. The summed E-state index contributed by atoms with van der Waals surface area (Å²) in [6.07, 6.45) is 0.240. The van der Waals surface area contributed by atoms with E-state index in [1.807, 2.05) is 32.9 Å². The van der Waals surface area contributed by atoms with Gasteiger partial charge in [-0.2, -0.15) is 0 Å². The maximum Gasteiger partial charge on any atom is 0.124 e. The molecule has 1 atom stereocenters. The zero-order valence-corrected chi connectivity index (χ0v) is 11.2. The fourth-order valence-corrected chi connectivity index (χ4v) is 1.59. The number of hydrogen-bond acceptors (Lipinski definition) is 3. The Kier molecular flexibility index (Phi) is 5.45. The van der Waals surface area contributed by atoms with Crippen molar-refractivity contribution in [3.63, 3.8) is 0 Å². The number of benzene rings is 1. The third-order valence-corrected chi connectivity index (χ3v) is 2.45. The minimum atomic E-state index is -0.0177. The van der Waals surface area contributed by atoms with Gasteiger partial charge in [0.05, 0.1) is 12.7 Å². The van der Waals surface area contributed by atoms with E-state index in [1.165, 1.54) is 5.56 Å². The SMILES string of the molecule is Cc1ccc(OCCOC(C)C)c([C@H](C)N)c1. The van der Waals surface area contributed by atoms with Gasteiger partial charge < -0.3 is 15.2 Å². The molecule has 3 nitrogen and oxygen atoms in total. The van der Waals surface area contributed by atoms with Gasteiger partial charge in [-0.15, -0.1) is 0 Å². The average molecular weight is 237 g/mol. The highest BCUT2D eigenvalue weighted by atomic mass is 16.5. The molecule has 0 amide bonds. The molecule has 0 heterocycles. The molecule has 96 valence electrons. The van der Waals surface area contributed by atoms with E-state index in [0.29, 0.717) is 13.2 Å². The molecular weight excluding hydrogens is 214 g/mol. The molecule has 0 aromatic heterocycles. The van der Waals surface area contributed by atoms with E-state index in [9.17, 15) is 0 Å². The highest BCUT2D eigenvalue weighted by Crippen LogP contribution is 2.24. The number of nitrogens with two attached hydrogens (primary N) is 1. The molecule has 3 heteroatoms. The smallest absolute Gasteiger partial charge is 0.124 e. The first-order chi connectivity index (χ1) is 8.00. The predicted octanol–water partition coefficient (Wildman–Crippen LogP) is 2.82. The monoisotopic (exact) mass is 237 g/mol. The summed E-state index contributed by atoms with van der Waals surface area (Å²) in [7, 11) is 0. The number of aryl methyl sites for hydroxylation is 1. The molecule has 17 heavy (non-hydrogen) atoms. The Morgan fingerprint density at radius 3 is 2.47 bits per heavy atom. The Bertz CT molecular complexity index is 348. The van der Waals surface area contributed by atoms with E-state index in [-0.39, 0.29) is 12.1 Å². The van der Waals surface area contributed by atoms with Crippen LogP contribution in [-0.2, 0) is 4.74 Å². The van der Waals surface area contributed by atoms with Gasteiger partial charge in [0, 0.05) is 11.6 Å². The van der Waals surface area contributed by atoms with Gasteiger partial charge in [-0.05, 0) is 33.8 Å². The second-order valence-electron chi connectivity index (χ2n) is 4.60. The van der Waals surface area contributed by atoms with Crippen LogP contribution in [-0.4, -0.2) is 19.3 Å². The van der Waals surface area contributed by atoms with Crippen molar-refractivity contribution < 1.29 is 9.47 Å². The molecule has 0 saturated heterocycles. The Balaban J connectivity index is 2.58. The molecule has 0 fully saturated rings. The normalized spacial score (nSPS) is 12.8. The molecule has 0 unspecified atom stereocenters. The molecule has 2 N–H and O–H groups in total. The Hall–Kier alpha value is -1.06. The van der Waals surface area contributed by atoms with Crippen molar-refractivity contribution in [1.29, 1.82) is 0 Å². The summed E-state index contributed by atoms with van der Waals surface area (Å²) in [6, 6.07) is 6.06. The van der Waals surface area contributed by atoms with E-state index in [4.69, 9.17) is 15.2 Å². The first-order valence-corrected chi connectivity index (χ1v) is 6.11. The van der Waals surface area contributed by atoms with Gasteiger partial charge in [0.25, 0.3) is 0 Å². The van der Waals surface area contributed by atoms with E-state index >= 15 is 0 Å². The van der Waals surface area contributed by atoms with Crippen LogP contribution < -0.4 is 10.5 Å². The lowest BCUT2D eigenvalue weighted by Crippen LogP contribution is -2.13. The number of hydrogen-bond donors (Lipinski definition) is 1. The summed E-state index contributed by atoms with van der Waals surface area (Å²) in [6.45, 7) is 9.20. The van der Waals surface area contributed by atoms with E-state index in [2.05, 4.69) is 13.0 Å². The summed E-state index contributed by atoms with van der Waals surface area (Å²) < 4.78 is 11.1. The van der Waals surface area contributed by atoms with Crippen LogP contribution in [0.15, 0.2) is 18.2 Å². The Morgan fingerprint density at radius 1 is 1.18 bits per heavy atom. The summed E-state index contributed by atoms with van der Waals surface area (Å²) >= 11 is 0. The maximum atomic E-state index is 5.92. The molecule has 0 saturated carbocycles. The van der Waals surface area contributed by atoms with Crippen LogP contribution in [0.3, 0.4) is 0 Å². The van der Waals surface area contributed by atoms with Crippen LogP contribution in [0.25, 0.3) is 0 Å². The van der Waals surface area contributed by atoms with Gasteiger partial charge in [0.15, 0.2) is 0 Å². The second kappa shape index (κ2) is 6.62. The Morgan fingerprint density at radius 2 is 1.88 bits per heavy atom. The predicted molar refractivity (Wildman–Crippen MR) is 70.4 cm³/mol. The van der Waals surface area contributed by atoms with Crippen LogP contribution in [0.1, 0.15) is 37.9 Å². The first kappa shape index (κ1) is 14.0. The largest absolute Gasteiger partial charge is 0.491 e. The van der Waals surface area contributed by atoms with Crippen LogP contribution in [0.5, 0.6) is 5.75 Å². The van der Waals surface area contributed by atoms with E-state index in [1.54, 1.807) is 0 Å². The van der Waals surface area contributed by atoms with Crippen molar-refractivity contribution in [2.24, 2.45) is 5.73 Å². The molecule has 0 bridgehead atoms. The van der Waals surface area contributed by atoms with Crippen LogP contribution in [0.2, 0.25) is 0 Å². The van der Waals surface area contributed by atoms with Gasteiger partial charge in [-0.3, -0.25) is 0 Å². The third kappa shape index (κ3) is 4.75. The maximum absolute atomic E-state index is 5.92. The van der Waals surface area contributed by atoms with Crippen molar-refractivity contribution in [2.45, 2.75) is 39.8 Å². The van der Waals surface area contributed by atoms with Crippen LogP contribution in [0.4, 0.5) is 0 Å². The van der Waals surface area contributed by atoms with E-state index < -0.39 is 0 Å². The molecular formula is C14H23NO2. The molecule has 0 radical (unpaired) electrons. The lowest BCUT2D eigenvalue weighted by Gasteiger charge is -2.15. The Labute approximate surface area is 104 Å². The average Bonchev–Trinajstić information content (AvgIpc) is 2.25. The molecule has 1 aromatic rings. The summed E-state index contributed by atoms with van der Waals surface area (Å²) in [4.78, 5) is 0. The topological polar surface area (TPSA) is 44.5 Å². The van der Waals surface area contributed by atoms with Crippen molar-refractivity contribution in [2.75, 3.05) is 13.2 Å². The molecule has 1 rings (SSSR count). The molecule has 0 aliphatic carbocycles. The summed E-state index contributed by atoms with van der Waals surface area (Å²) in [5.74, 6) is 0.859. The first-order valence-electron chi connectivity index (χ1n) is 6.11. The van der Waals surface area contributed by atoms with Gasteiger partial charge in [-0.25, -0.2) is 0 Å². The zero-order valence-electron chi connectivity index (χ0n) is 11.2. The third-order valence-electron chi connectivity index (χ3n) is 2.45. The quantitative estimate of drug-likeness (QED) is 0.774. The van der Waals surface area contributed by atoms with Crippen molar-refractivity contribution >= 4 is 0 Å². The lowest BCUT2D eigenvalue weighted by molar-refractivity contribution is 0.0550.